The summed E-state index contributed by atoms with van der Waals surface area (Å²) in [5, 5.41) is 12.1. The molecule has 0 atom stereocenters. The highest BCUT2D eigenvalue weighted by Gasteiger charge is 2.36. The zero-order chi connectivity index (χ0) is 53.6. The van der Waals surface area contributed by atoms with Crippen molar-refractivity contribution in [2.75, 3.05) is 9.80 Å². The van der Waals surface area contributed by atoms with Crippen LogP contribution in [0.4, 0.5) is 39.8 Å². The Morgan fingerprint density at radius 1 is 0.380 bits per heavy atom. The Morgan fingerprint density at radius 3 is 1.20 bits per heavy atom. The summed E-state index contributed by atoms with van der Waals surface area (Å²) in [6.07, 6.45) is 0. The average molecular weight is 1010 g/mol. The van der Waals surface area contributed by atoms with Crippen LogP contribution >= 0.6 is 0 Å². The molecular weight excluding hydrogens is 959 g/mol. The summed E-state index contributed by atoms with van der Waals surface area (Å²) < 4.78 is 2.36. The van der Waals surface area contributed by atoms with Crippen LogP contribution in [0.25, 0.3) is 76.8 Å². The van der Waals surface area contributed by atoms with Crippen molar-refractivity contribution in [3.63, 3.8) is 0 Å². The molecule has 0 radical (unpaired) electrons. The van der Waals surface area contributed by atoms with Crippen molar-refractivity contribution in [2.24, 2.45) is 0 Å². The maximum atomic E-state index is 9.88. The summed E-state index contributed by atoms with van der Waals surface area (Å²) in [5.74, 6) is 0. The number of nitriles is 1. The van der Waals surface area contributed by atoms with Crippen LogP contribution in [0.3, 0.4) is 0 Å². The van der Waals surface area contributed by atoms with Crippen molar-refractivity contribution in [3.05, 3.63) is 288 Å². The number of benzene rings is 11. The molecule has 5 nitrogen and oxygen atoms in total. The first-order valence-corrected chi connectivity index (χ1v) is 27.0. The fourth-order valence-electron chi connectivity index (χ4n) is 12.8. The van der Waals surface area contributed by atoms with Crippen molar-refractivity contribution in [2.45, 2.75) is 38.5 Å². The van der Waals surface area contributed by atoms with Gasteiger partial charge in [-0.05, 0) is 188 Å². The van der Waals surface area contributed by atoms with Crippen molar-refractivity contribution < 1.29 is 0 Å². The molecule has 0 aliphatic heterocycles. The molecule has 0 unspecified atom stereocenters. The molecule has 0 saturated heterocycles. The first kappa shape index (κ1) is 47.3. The van der Waals surface area contributed by atoms with Crippen molar-refractivity contribution in [3.8, 4) is 56.3 Å². The van der Waals surface area contributed by atoms with E-state index in [9.17, 15) is 5.26 Å². The minimum atomic E-state index is -0.0958. The molecule has 2 aliphatic carbocycles. The number of para-hydroxylation sites is 1. The normalized spacial score (nSPS) is 13.2. The Bertz CT molecular complexity index is 4200. The predicted octanol–water partition coefficient (Wildman–Crippen LogP) is 20.1. The smallest absolute Gasteiger partial charge is 0.187 e. The van der Waals surface area contributed by atoms with E-state index >= 15 is 0 Å². The summed E-state index contributed by atoms with van der Waals surface area (Å²) in [5.41, 5.74) is 25.5. The maximum absolute atomic E-state index is 9.88. The molecule has 5 heteroatoms. The van der Waals surface area contributed by atoms with E-state index in [1.807, 2.05) is 48.5 Å². The fraction of sp³-hybridized carbons (Fsp3) is 0.0811. The van der Waals surface area contributed by atoms with Gasteiger partial charge in [0, 0.05) is 61.4 Å². The van der Waals surface area contributed by atoms with E-state index in [1.165, 1.54) is 55.6 Å². The van der Waals surface area contributed by atoms with Crippen LogP contribution < -0.4 is 9.80 Å². The molecule has 1 aromatic heterocycles. The molecule has 0 fully saturated rings. The number of rotatable bonds is 9. The van der Waals surface area contributed by atoms with Crippen LogP contribution in [0, 0.1) is 17.9 Å². The number of anilines is 6. The molecule has 11 aromatic carbocycles. The average Bonchev–Trinajstić information content (AvgIpc) is 4.19. The molecule has 1 heterocycles. The van der Waals surface area contributed by atoms with E-state index < -0.39 is 0 Å². The Morgan fingerprint density at radius 2 is 0.759 bits per heavy atom. The zero-order valence-corrected chi connectivity index (χ0v) is 44.4. The van der Waals surface area contributed by atoms with Gasteiger partial charge in [-0.2, -0.15) is 5.26 Å². The topological polar surface area (TPSA) is 39.6 Å². The van der Waals surface area contributed by atoms with Gasteiger partial charge in [0.1, 0.15) is 0 Å². The summed E-state index contributed by atoms with van der Waals surface area (Å²) in [6.45, 7) is 17.1. The molecule has 14 rings (SSSR count). The SMILES string of the molecule is [C-]#[N+]c1ccc(N(c2ccc(-c3ccc4c(c3)C(C)(C)c3ccccc3-4)cc2)c2ccc3c(c2)c2cc(N(c4ccc(C#N)cc4)c4ccc(-c5ccc6c(c5)C(C)(C)c5ccccc5-6)cc4)ccc2n3-c2ccccc2)cc1. The highest BCUT2D eigenvalue weighted by Crippen LogP contribution is 2.52. The molecule has 0 saturated carbocycles. The Balaban J connectivity index is 0.886. The first-order valence-electron chi connectivity index (χ1n) is 27.0. The summed E-state index contributed by atoms with van der Waals surface area (Å²) in [4.78, 5) is 8.32. The lowest BCUT2D eigenvalue weighted by Gasteiger charge is -2.26. The van der Waals surface area contributed by atoms with Crippen LogP contribution in [-0.4, -0.2) is 4.57 Å². The molecule has 0 bridgehead atoms. The molecule has 0 amide bonds. The monoisotopic (exact) mass is 1010 g/mol. The third kappa shape index (κ3) is 7.66. The second-order valence-corrected chi connectivity index (χ2v) is 22.0. The standard InChI is InChI=1S/C74H53N5/c1-73(2)67-17-11-9-15-61(67)63-39-25-51(43-69(63)73)49-21-31-56(32-22-49)77(55-29-19-48(47-75)20-30-55)59-37-41-71-65(45-59)66-46-60(38-42-72(66)79(71)54-13-7-6-8-14-54)78(58-35-27-53(76-5)28-36-58)57-33-23-50(24-34-57)52-26-40-64-62-16-10-12-18-68(62)74(3,4)70(64)44-52/h6-46H,1-4H3. The van der Waals surface area contributed by atoms with Gasteiger partial charge in [0.15, 0.2) is 5.69 Å². The van der Waals surface area contributed by atoms with Crippen molar-refractivity contribution >= 4 is 61.6 Å². The van der Waals surface area contributed by atoms with Gasteiger partial charge in [-0.25, -0.2) is 4.85 Å². The molecule has 0 spiro atoms. The molecule has 12 aromatic rings. The molecule has 0 N–H and O–H groups in total. The van der Waals surface area contributed by atoms with E-state index in [2.05, 4.69) is 253 Å². The second-order valence-electron chi connectivity index (χ2n) is 22.0. The lowest BCUT2D eigenvalue weighted by Crippen LogP contribution is -2.14. The highest BCUT2D eigenvalue weighted by molar-refractivity contribution is 6.12. The van der Waals surface area contributed by atoms with E-state index in [0.29, 0.717) is 11.3 Å². The van der Waals surface area contributed by atoms with Gasteiger partial charge >= 0.3 is 0 Å². The van der Waals surface area contributed by atoms with E-state index in [4.69, 9.17) is 6.57 Å². The summed E-state index contributed by atoms with van der Waals surface area (Å²) in [6, 6.07) is 91.4. The lowest BCUT2D eigenvalue weighted by molar-refractivity contribution is 0.660. The highest BCUT2D eigenvalue weighted by atomic mass is 15.2. The summed E-state index contributed by atoms with van der Waals surface area (Å²) in [7, 11) is 0. The van der Waals surface area contributed by atoms with Crippen molar-refractivity contribution in [1.29, 1.82) is 5.26 Å². The quantitative estimate of drug-likeness (QED) is 0.135. The second kappa shape index (κ2) is 18.2. The number of fused-ring (bicyclic) bond motifs is 9. The number of nitrogens with zero attached hydrogens (tertiary/aromatic N) is 5. The fourth-order valence-corrected chi connectivity index (χ4v) is 12.8. The van der Waals surface area contributed by atoms with E-state index in [1.54, 1.807) is 0 Å². The Labute approximate surface area is 461 Å². The van der Waals surface area contributed by atoms with Gasteiger partial charge < -0.3 is 14.4 Å². The summed E-state index contributed by atoms with van der Waals surface area (Å²) >= 11 is 0. The molecule has 374 valence electrons. The predicted molar refractivity (Wildman–Crippen MR) is 327 cm³/mol. The first-order chi connectivity index (χ1) is 38.6. The van der Waals surface area contributed by atoms with Crippen LogP contribution in [0.1, 0.15) is 55.5 Å². The van der Waals surface area contributed by atoms with Crippen LogP contribution in [-0.2, 0) is 10.8 Å². The Kier molecular flexibility index (Phi) is 10.9. The number of aromatic nitrogens is 1. The largest absolute Gasteiger partial charge is 0.311 e. The van der Waals surface area contributed by atoms with Gasteiger partial charge in [-0.15, -0.1) is 0 Å². The van der Waals surface area contributed by atoms with Gasteiger partial charge in [-0.3, -0.25) is 0 Å². The van der Waals surface area contributed by atoms with Gasteiger partial charge in [-0.1, -0.05) is 155 Å². The maximum Gasteiger partial charge on any atom is 0.187 e. The minimum Gasteiger partial charge on any atom is -0.311 e. The zero-order valence-electron chi connectivity index (χ0n) is 44.4. The molecule has 79 heavy (non-hydrogen) atoms. The van der Waals surface area contributed by atoms with Crippen LogP contribution in [0.15, 0.2) is 249 Å². The van der Waals surface area contributed by atoms with Gasteiger partial charge in [0.25, 0.3) is 0 Å². The van der Waals surface area contributed by atoms with E-state index in [-0.39, 0.29) is 10.8 Å². The van der Waals surface area contributed by atoms with E-state index in [0.717, 1.165) is 72.7 Å². The molecular formula is C74H53N5. The Hall–Kier alpha value is -10.2. The number of hydrogen-bond donors (Lipinski definition) is 0. The minimum absolute atomic E-state index is 0.0948. The van der Waals surface area contributed by atoms with Gasteiger partial charge in [0.05, 0.1) is 29.2 Å². The van der Waals surface area contributed by atoms with Gasteiger partial charge in [0.2, 0.25) is 0 Å². The lowest BCUT2D eigenvalue weighted by atomic mass is 9.81. The third-order valence-electron chi connectivity index (χ3n) is 16.8. The molecule has 2 aliphatic rings. The van der Waals surface area contributed by atoms with Crippen LogP contribution in [0.5, 0.6) is 0 Å². The number of hydrogen-bond acceptors (Lipinski definition) is 3. The van der Waals surface area contributed by atoms with Crippen molar-refractivity contribution in [1.82, 2.24) is 4.57 Å². The van der Waals surface area contributed by atoms with Crippen LogP contribution in [0.2, 0.25) is 0 Å². The third-order valence-corrected chi connectivity index (χ3v) is 16.8.